The van der Waals surface area contributed by atoms with Crippen LogP contribution in [0.3, 0.4) is 0 Å². The van der Waals surface area contributed by atoms with Gasteiger partial charge in [0.2, 0.25) is 0 Å². The molecular weight excluding hydrogens is 250 g/mol. The molecule has 20 heavy (non-hydrogen) atoms. The molecule has 1 aromatic heterocycles. The van der Waals surface area contributed by atoms with Crippen molar-refractivity contribution in [2.45, 2.75) is 44.8 Å². The maximum absolute atomic E-state index is 10.0. The van der Waals surface area contributed by atoms with E-state index in [0.29, 0.717) is 6.04 Å². The predicted molar refractivity (Wildman–Crippen MR) is 81.0 cm³/mol. The maximum atomic E-state index is 10.0. The zero-order valence-corrected chi connectivity index (χ0v) is 12.3. The number of rotatable bonds is 3. The number of hydrogen-bond donors (Lipinski definition) is 1. The lowest BCUT2D eigenvalue weighted by Crippen LogP contribution is -2.52. The molecule has 4 heteroatoms. The van der Waals surface area contributed by atoms with Gasteiger partial charge in [-0.25, -0.2) is 4.98 Å². The molecule has 1 aromatic rings. The van der Waals surface area contributed by atoms with E-state index in [1.165, 1.54) is 12.0 Å². The van der Waals surface area contributed by atoms with Gasteiger partial charge in [0.05, 0.1) is 6.10 Å². The highest BCUT2D eigenvalue weighted by atomic mass is 16.3. The molecule has 2 aliphatic rings. The number of aromatic nitrogens is 1. The van der Waals surface area contributed by atoms with Crippen molar-refractivity contribution in [1.29, 1.82) is 0 Å². The number of aryl methyl sites for hydroxylation is 1. The molecule has 0 aromatic carbocycles. The van der Waals surface area contributed by atoms with Crippen LogP contribution in [0.15, 0.2) is 18.3 Å². The Morgan fingerprint density at radius 2 is 2.00 bits per heavy atom. The van der Waals surface area contributed by atoms with Crippen molar-refractivity contribution in [3.63, 3.8) is 0 Å². The van der Waals surface area contributed by atoms with Gasteiger partial charge in [-0.15, -0.1) is 0 Å². The fourth-order valence-corrected chi connectivity index (χ4v) is 3.44. The number of anilines is 1. The highest BCUT2D eigenvalue weighted by Gasteiger charge is 2.32. The number of piperazine rings is 1. The summed E-state index contributed by atoms with van der Waals surface area (Å²) in [5.41, 5.74) is 1.29. The summed E-state index contributed by atoms with van der Waals surface area (Å²) in [6, 6.07) is 4.71. The van der Waals surface area contributed by atoms with Gasteiger partial charge in [0, 0.05) is 38.4 Å². The predicted octanol–water partition coefficient (Wildman–Crippen LogP) is 1.68. The summed E-state index contributed by atoms with van der Waals surface area (Å²) >= 11 is 0. The lowest BCUT2D eigenvalue weighted by molar-refractivity contribution is 0.0671. The van der Waals surface area contributed by atoms with Crippen LogP contribution in [0.1, 0.15) is 31.7 Å². The molecule has 1 N–H and O–H groups in total. The molecule has 2 fully saturated rings. The van der Waals surface area contributed by atoms with E-state index in [9.17, 15) is 5.11 Å². The zero-order chi connectivity index (χ0) is 13.9. The lowest BCUT2D eigenvalue weighted by Gasteiger charge is -2.39. The molecule has 1 aliphatic carbocycles. The van der Waals surface area contributed by atoms with E-state index in [-0.39, 0.29) is 6.10 Å². The van der Waals surface area contributed by atoms with Crippen molar-refractivity contribution < 1.29 is 5.11 Å². The molecule has 1 saturated carbocycles. The van der Waals surface area contributed by atoms with E-state index in [1.807, 2.05) is 6.20 Å². The van der Waals surface area contributed by atoms with Crippen LogP contribution in [-0.4, -0.2) is 53.3 Å². The molecule has 0 bridgehead atoms. The molecule has 0 amide bonds. The molecule has 0 spiro atoms. The van der Waals surface area contributed by atoms with Crippen molar-refractivity contribution >= 4 is 5.82 Å². The van der Waals surface area contributed by atoms with Crippen molar-refractivity contribution in [2.75, 3.05) is 31.1 Å². The van der Waals surface area contributed by atoms with E-state index in [1.54, 1.807) is 0 Å². The number of aliphatic hydroxyl groups is 1. The van der Waals surface area contributed by atoms with Crippen LogP contribution in [0, 0.1) is 0 Å². The summed E-state index contributed by atoms with van der Waals surface area (Å²) in [4.78, 5) is 9.39. The minimum atomic E-state index is -0.108. The van der Waals surface area contributed by atoms with E-state index in [2.05, 4.69) is 33.8 Å². The molecule has 2 heterocycles. The molecule has 1 saturated heterocycles. The summed E-state index contributed by atoms with van der Waals surface area (Å²) in [6.07, 6.45) is 6.23. The topological polar surface area (TPSA) is 39.6 Å². The quantitative estimate of drug-likeness (QED) is 0.911. The van der Waals surface area contributed by atoms with Gasteiger partial charge in [-0.05, 0) is 37.3 Å². The first-order chi connectivity index (χ1) is 9.78. The molecule has 2 atom stereocenters. The summed E-state index contributed by atoms with van der Waals surface area (Å²) in [5, 5.41) is 10.0. The van der Waals surface area contributed by atoms with Crippen molar-refractivity contribution in [3.8, 4) is 0 Å². The fraction of sp³-hybridized carbons (Fsp3) is 0.688. The lowest BCUT2D eigenvalue weighted by atomic mass is 10.1. The first kappa shape index (κ1) is 13.8. The van der Waals surface area contributed by atoms with Crippen LogP contribution in [0.4, 0.5) is 5.82 Å². The Balaban J connectivity index is 1.57. The Morgan fingerprint density at radius 3 is 2.55 bits per heavy atom. The molecule has 1 aliphatic heterocycles. The second kappa shape index (κ2) is 6.10. The Kier molecular flexibility index (Phi) is 4.22. The monoisotopic (exact) mass is 275 g/mol. The van der Waals surface area contributed by atoms with E-state index in [0.717, 1.165) is 51.3 Å². The van der Waals surface area contributed by atoms with E-state index < -0.39 is 0 Å². The van der Waals surface area contributed by atoms with Crippen molar-refractivity contribution in [2.24, 2.45) is 0 Å². The van der Waals surface area contributed by atoms with Gasteiger partial charge in [0.15, 0.2) is 0 Å². The van der Waals surface area contributed by atoms with Gasteiger partial charge in [-0.2, -0.15) is 0 Å². The smallest absolute Gasteiger partial charge is 0.128 e. The highest BCUT2D eigenvalue weighted by molar-refractivity contribution is 5.40. The highest BCUT2D eigenvalue weighted by Crippen LogP contribution is 2.25. The SMILES string of the molecule is CCc1ccc(N2CCN(C3CCCC3O)CC2)nc1. The minimum Gasteiger partial charge on any atom is -0.391 e. The van der Waals surface area contributed by atoms with Gasteiger partial charge in [-0.3, -0.25) is 4.90 Å². The number of aliphatic hydroxyl groups excluding tert-OH is 1. The molecular formula is C16H25N3O. The fourth-order valence-electron chi connectivity index (χ4n) is 3.44. The normalized spacial score (nSPS) is 28.0. The Morgan fingerprint density at radius 1 is 1.20 bits per heavy atom. The Labute approximate surface area is 121 Å². The number of nitrogens with zero attached hydrogens (tertiary/aromatic N) is 3. The van der Waals surface area contributed by atoms with Crippen LogP contribution < -0.4 is 4.90 Å². The van der Waals surface area contributed by atoms with Crippen molar-refractivity contribution in [1.82, 2.24) is 9.88 Å². The van der Waals surface area contributed by atoms with Gasteiger partial charge >= 0.3 is 0 Å². The van der Waals surface area contributed by atoms with Gasteiger partial charge in [-0.1, -0.05) is 13.0 Å². The Bertz CT molecular complexity index is 426. The molecule has 110 valence electrons. The number of hydrogen-bond acceptors (Lipinski definition) is 4. The molecule has 0 radical (unpaired) electrons. The molecule has 4 nitrogen and oxygen atoms in total. The average Bonchev–Trinajstić information content (AvgIpc) is 2.94. The van der Waals surface area contributed by atoms with Crippen LogP contribution in [0.25, 0.3) is 0 Å². The zero-order valence-electron chi connectivity index (χ0n) is 12.3. The van der Waals surface area contributed by atoms with Crippen LogP contribution >= 0.6 is 0 Å². The summed E-state index contributed by atoms with van der Waals surface area (Å²) in [6.45, 7) is 6.27. The second-order valence-corrected chi connectivity index (χ2v) is 5.97. The summed E-state index contributed by atoms with van der Waals surface area (Å²) < 4.78 is 0. The largest absolute Gasteiger partial charge is 0.391 e. The van der Waals surface area contributed by atoms with Crippen LogP contribution in [0.5, 0.6) is 0 Å². The second-order valence-electron chi connectivity index (χ2n) is 5.97. The van der Waals surface area contributed by atoms with Gasteiger partial charge in [0.1, 0.15) is 5.82 Å². The van der Waals surface area contributed by atoms with E-state index >= 15 is 0 Å². The number of pyridine rings is 1. The Hall–Kier alpha value is -1.13. The first-order valence-electron chi connectivity index (χ1n) is 7.90. The maximum Gasteiger partial charge on any atom is 0.128 e. The third-order valence-electron chi connectivity index (χ3n) is 4.77. The average molecular weight is 275 g/mol. The van der Waals surface area contributed by atoms with E-state index in [4.69, 9.17) is 0 Å². The standard InChI is InChI=1S/C16H25N3O/c1-2-13-6-7-16(17-12-13)19-10-8-18(9-11-19)14-4-3-5-15(14)20/h6-7,12,14-15,20H,2-5,8-11H2,1H3. The third-order valence-corrected chi connectivity index (χ3v) is 4.77. The summed E-state index contributed by atoms with van der Waals surface area (Å²) in [7, 11) is 0. The van der Waals surface area contributed by atoms with Crippen molar-refractivity contribution in [3.05, 3.63) is 23.9 Å². The minimum absolute atomic E-state index is 0.108. The van der Waals surface area contributed by atoms with Crippen LogP contribution in [0.2, 0.25) is 0 Å². The van der Waals surface area contributed by atoms with Crippen LogP contribution in [-0.2, 0) is 6.42 Å². The summed E-state index contributed by atoms with van der Waals surface area (Å²) in [5.74, 6) is 1.09. The first-order valence-corrected chi connectivity index (χ1v) is 7.90. The molecule has 3 rings (SSSR count). The molecule has 2 unspecified atom stereocenters. The van der Waals surface area contributed by atoms with Gasteiger partial charge < -0.3 is 10.0 Å². The van der Waals surface area contributed by atoms with Gasteiger partial charge in [0.25, 0.3) is 0 Å². The third kappa shape index (κ3) is 2.81.